The minimum absolute atomic E-state index is 0.264. The van der Waals surface area contributed by atoms with Crippen LogP contribution < -0.4 is 0 Å². The molecule has 3 nitrogen and oxygen atoms in total. The zero-order chi connectivity index (χ0) is 9.40. The fourth-order valence-electron chi connectivity index (χ4n) is 0.760. The average Bonchev–Trinajstić information content (AvgIpc) is 2.11. The molecular formula is C7H13FO3Si. The van der Waals surface area contributed by atoms with Crippen molar-refractivity contribution in [1.82, 2.24) is 0 Å². The molecule has 0 spiro atoms. The Morgan fingerprint density at radius 3 is 2.42 bits per heavy atom. The van der Waals surface area contributed by atoms with Crippen LogP contribution in [0.3, 0.4) is 0 Å². The second kappa shape index (κ2) is 6.96. The molecule has 0 rings (SSSR count). The van der Waals surface area contributed by atoms with E-state index in [-0.39, 0.29) is 17.8 Å². The second-order valence-electron chi connectivity index (χ2n) is 2.46. The van der Waals surface area contributed by atoms with E-state index in [0.29, 0.717) is 19.3 Å². The van der Waals surface area contributed by atoms with Crippen molar-refractivity contribution in [3.63, 3.8) is 0 Å². The lowest BCUT2D eigenvalue weighted by molar-refractivity contribution is -0.140. The van der Waals surface area contributed by atoms with Crippen LogP contribution in [-0.2, 0) is 14.3 Å². The van der Waals surface area contributed by atoms with E-state index in [2.05, 4.69) is 4.74 Å². The lowest BCUT2D eigenvalue weighted by Gasteiger charge is -1.97. The van der Waals surface area contributed by atoms with E-state index >= 15 is 0 Å². The van der Waals surface area contributed by atoms with Gasteiger partial charge in [-0.1, -0.05) is 0 Å². The summed E-state index contributed by atoms with van der Waals surface area (Å²) >= 11 is 0. The van der Waals surface area contributed by atoms with Gasteiger partial charge in [-0.3, -0.25) is 4.79 Å². The summed E-state index contributed by atoms with van der Waals surface area (Å²) in [5.74, 6) is -0.278. The first-order chi connectivity index (χ1) is 5.70. The van der Waals surface area contributed by atoms with E-state index < -0.39 is 9.85 Å². The highest BCUT2D eigenvalue weighted by Crippen LogP contribution is 2.01. The quantitative estimate of drug-likeness (QED) is 0.263. The molecule has 5 heteroatoms. The normalized spacial score (nSPS) is 10.5. The number of carbonyl (C=O) groups excluding carboxylic acids is 2. The fraction of sp³-hybridized carbons (Fsp3) is 0.714. The third-order valence-corrected chi connectivity index (χ3v) is 2.11. The predicted octanol–water partition coefficient (Wildman–Crippen LogP) is 0.300. The second-order valence-corrected chi connectivity index (χ2v) is 3.51. The first-order valence-corrected chi connectivity index (χ1v) is 5.09. The Bertz CT molecular complexity index is 143. The zero-order valence-electron chi connectivity index (χ0n) is 7.14. The van der Waals surface area contributed by atoms with E-state index in [1.54, 1.807) is 0 Å². The van der Waals surface area contributed by atoms with Crippen LogP contribution >= 0.6 is 0 Å². The summed E-state index contributed by atoms with van der Waals surface area (Å²) in [6.45, 7) is 0. The minimum Gasteiger partial charge on any atom is -0.469 e. The first kappa shape index (κ1) is 11.3. The van der Waals surface area contributed by atoms with Gasteiger partial charge in [-0.25, -0.2) is 0 Å². The van der Waals surface area contributed by atoms with Gasteiger partial charge < -0.3 is 13.6 Å². The maximum atomic E-state index is 11.7. The number of rotatable bonds is 6. The van der Waals surface area contributed by atoms with Crippen LogP contribution in [0, 0.1) is 0 Å². The summed E-state index contributed by atoms with van der Waals surface area (Å²) < 4.78 is 16.1. The van der Waals surface area contributed by atoms with Crippen molar-refractivity contribution in [1.29, 1.82) is 0 Å². The van der Waals surface area contributed by atoms with E-state index in [4.69, 9.17) is 0 Å². The van der Waals surface area contributed by atoms with Gasteiger partial charge in [0.15, 0.2) is 0 Å². The van der Waals surface area contributed by atoms with Gasteiger partial charge in [0.2, 0.25) is 0 Å². The molecule has 0 unspecified atom stereocenters. The van der Waals surface area contributed by atoms with Crippen LogP contribution in [0.1, 0.15) is 25.7 Å². The van der Waals surface area contributed by atoms with Crippen molar-refractivity contribution >= 4 is 21.2 Å². The third kappa shape index (κ3) is 6.03. The maximum Gasteiger partial charge on any atom is 0.305 e. The molecule has 0 heterocycles. The SMILES string of the molecule is COC(=O)CCCCC(=O)[SiH2]F. The lowest BCUT2D eigenvalue weighted by atomic mass is 10.2. The minimum atomic E-state index is -1.97. The van der Waals surface area contributed by atoms with Crippen LogP contribution in [-0.4, -0.2) is 28.3 Å². The number of methoxy groups -OCH3 is 1. The van der Waals surface area contributed by atoms with Crippen molar-refractivity contribution in [2.75, 3.05) is 7.11 Å². The molecule has 70 valence electrons. The molecule has 0 saturated heterocycles. The van der Waals surface area contributed by atoms with Crippen molar-refractivity contribution in [2.24, 2.45) is 0 Å². The molecule has 0 aromatic heterocycles. The van der Waals surface area contributed by atoms with Crippen molar-refractivity contribution in [2.45, 2.75) is 25.7 Å². The first-order valence-electron chi connectivity index (χ1n) is 3.85. The number of halogens is 1. The molecule has 0 N–H and O–H groups in total. The number of carbonyl (C=O) groups is 2. The van der Waals surface area contributed by atoms with Crippen LogP contribution in [0.2, 0.25) is 0 Å². The number of esters is 1. The van der Waals surface area contributed by atoms with Crippen LogP contribution in [0.5, 0.6) is 0 Å². The Hall–Kier alpha value is -0.713. The predicted molar refractivity (Wildman–Crippen MR) is 45.1 cm³/mol. The summed E-state index contributed by atoms with van der Waals surface area (Å²) in [4.78, 5) is 21.1. The van der Waals surface area contributed by atoms with Crippen LogP contribution in [0.15, 0.2) is 0 Å². The van der Waals surface area contributed by atoms with Gasteiger partial charge in [-0.2, -0.15) is 0 Å². The maximum absolute atomic E-state index is 11.7. The Labute approximate surface area is 73.3 Å². The molecule has 0 saturated carbocycles. The summed E-state index contributed by atoms with van der Waals surface area (Å²) in [5, 5.41) is -0.264. The Morgan fingerprint density at radius 2 is 1.92 bits per heavy atom. The zero-order valence-corrected chi connectivity index (χ0v) is 8.55. The number of hydrogen-bond donors (Lipinski definition) is 0. The van der Waals surface area contributed by atoms with E-state index in [0.717, 1.165) is 0 Å². The van der Waals surface area contributed by atoms with Gasteiger partial charge >= 0.3 is 5.97 Å². The Balaban J connectivity index is 3.21. The molecule has 0 atom stereocenters. The molecule has 0 amide bonds. The van der Waals surface area contributed by atoms with Gasteiger partial charge in [0.25, 0.3) is 9.85 Å². The molecule has 0 aromatic rings. The third-order valence-electron chi connectivity index (χ3n) is 1.46. The molecule has 12 heavy (non-hydrogen) atoms. The number of unbranched alkanes of at least 4 members (excludes halogenated alkanes) is 1. The van der Waals surface area contributed by atoms with Gasteiger partial charge in [0.1, 0.15) is 5.41 Å². The number of hydrogen-bond acceptors (Lipinski definition) is 3. The standard InChI is InChI=1S/C7H13FO3Si/c1-11-6(9)4-2-3-5-7(10)12-8/h2-5,12H2,1H3. The summed E-state index contributed by atoms with van der Waals surface area (Å²) in [6, 6.07) is 0. The average molecular weight is 192 g/mol. The summed E-state index contributed by atoms with van der Waals surface area (Å²) in [5.41, 5.74) is 0. The van der Waals surface area contributed by atoms with Gasteiger partial charge in [-0.15, -0.1) is 0 Å². The molecule has 0 aromatic carbocycles. The molecule has 0 aliphatic rings. The topological polar surface area (TPSA) is 43.4 Å². The Morgan fingerprint density at radius 1 is 1.33 bits per heavy atom. The smallest absolute Gasteiger partial charge is 0.305 e. The highest BCUT2D eigenvalue weighted by atomic mass is 28.3. The van der Waals surface area contributed by atoms with Crippen molar-refractivity contribution in [3.8, 4) is 0 Å². The van der Waals surface area contributed by atoms with E-state index in [1.165, 1.54) is 7.11 Å². The summed E-state index contributed by atoms with van der Waals surface area (Å²) in [7, 11) is -0.648. The lowest BCUT2D eigenvalue weighted by Crippen LogP contribution is -2.04. The highest BCUT2D eigenvalue weighted by Gasteiger charge is 2.03. The van der Waals surface area contributed by atoms with Gasteiger partial charge in [-0.05, 0) is 12.8 Å². The monoisotopic (exact) mass is 192 g/mol. The molecule has 0 fully saturated rings. The fourth-order valence-corrected chi connectivity index (χ4v) is 1.14. The Kier molecular flexibility index (Phi) is 6.55. The van der Waals surface area contributed by atoms with E-state index in [9.17, 15) is 13.7 Å². The summed E-state index contributed by atoms with van der Waals surface area (Å²) in [6.07, 6.45) is 1.79. The molecule has 0 aliphatic carbocycles. The molecule has 0 bridgehead atoms. The van der Waals surface area contributed by atoms with Gasteiger partial charge in [0.05, 0.1) is 7.11 Å². The van der Waals surface area contributed by atoms with Crippen molar-refractivity contribution in [3.05, 3.63) is 0 Å². The highest BCUT2D eigenvalue weighted by molar-refractivity contribution is 6.68. The molecule has 0 aliphatic heterocycles. The van der Waals surface area contributed by atoms with Crippen LogP contribution in [0.4, 0.5) is 4.11 Å². The van der Waals surface area contributed by atoms with Crippen molar-refractivity contribution < 1.29 is 18.4 Å². The van der Waals surface area contributed by atoms with Gasteiger partial charge in [0, 0.05) is 12.8 Å². The largest absolute Gasteiger partial charge is 0.469 e. The molecule has 0 radical (unpaired) electrons. The number of ether oxygens (including phenoxy) is 1. The van der Waals surface area contributed by atoms with E-state index in [1.807, 2.05) is 0 Å². The van der Waals surface area contributed by atoms with Crippen LogP contribution in [0.25, 0.3) is 0 Å². The molecular weight excluding hydrogens is 179 g/mol.